The number of sulfonamides is 1. The van der Waals surface area contributed by atoms with Gasteiger partial charge in [-0.15, -0.1) is 6.58 Å². The highest BCUT2D eigenvalue weighted by Crippen LogP contribution is 2.10. The van der Waals surface area contributed by atoms with Crippen LogP contribution in [-0.2, 0) is 26.2 Å². The van der Waals surface area contributed by atoms with Crippen molar-refractivity contribution in [3.05, 3.63) is 66.6 Å². The van der Waals surface area contributed by atoms with Crippen molar-refractivity contribution in [2.75, 3.05) is 6.54 Å². The molecule has 2 rings (SSSR count). The van der Waals surface area contributed by atoms with Gasteiger partial charge in [0.25, 0.3) is 0 Å². The maximum atomic E-state index is 12.1. The molecule has 0 unspecified atom stereocenters. The van der Waals surface area contributed by atoms with E-state index in [1.165, 1.54) is 24.4 Å². The van der Waals surface area contributed by atoms with E-state index in [2.05, 4.69) is 21.7 Å². The van der Waals surface area contributed by atoms with Crippen LogP contribution >= 0.6 is 0 Å². The van der Waals surface area contributed by atoms with Gasteiger partial charge < -0.3 is 9.73 Å². The van der Waals surface area contributed by atoms with Crippen LogP contribution in [0, 0.1) is 0 Å². The fourth-order valence-electron chi connectivity index (χ4n) is 1.86. The predicted octanol–water partition coefficient (Wildman–Crippen LogP) is 0.510. The Kier molecular flexibility index (Phi) is 7.03. The number of carbonyl (C=O) groups excluding carboxylic acids is 2. The van der Waals surface area contributed by atoms with Crippen molar-refractivity contribution in [2.45, 2.75) is 11.4 Å². The number of benzene rings is 1. The number of furan rings is 1. The topological polar surface area (TPSA) is 130 Å². The van der Waals surface area contributed by atoms with Crippen molar-refractivity contribution in [1.82, 2.24) is 15.5 Å². The summed E-state index contributed by atoms with van der Waals surface area (Å²) in [6.45, 7) is 3.52. The minimum Gasteiger partial charge on any atom is -0.459 e. The van der Waals surface area contributed by atoms with Gasteiger partial charge in [0, 0.05) is 6.54 Å². The number of carbonyl (C=O) groups is 2. The summed E-state index contributed by atoms with van der Waals surface area (Å²) in [7, 11) is -3.65. The van der Waals surface area contributed by atoms with Crippen LogP contribution in [0.1, 0.15) is 11.5 Å². The zero-order chi connectivity index (χ0) is 19.7. The van der Waals surface area contributed by atoms with Crippen LogP contribution in [0.5, 0.6) is 0 Å². The summed E-state index contributed by atoms with van der Waals surface area (Å²) in [6.07, 6.45) is 2.62. The summed E-state index contributed by atoms with van der Waals surface area (Å²) in [4.78, 5) is 22.9. The van der Waals surface area contributed by atoms with Crippen LogP contribution in [0.4, 0.5) is 0 Å². The Hall–Kier alpha value is -3.24. The molecule has 0 saturated carbocycles. The van der Waals surface area contributed by atoms with Crippen LogP contribution in [0.25, 0.3) is 0 Å². The first-order chi connectivity index (χ1) is 12.9. The van der Waals surface area contributed by atoms with Gasteiger partial charge in [-0.05, 0) is 24.3 Å². The highest BCUT2D eigenvalue weighted by molar-refractivity contribution is 7.89. The molecule has 1 aromatic heterocycles. The Balaban J connectivity index is 1.87. The molecular formula is C17H18N4O5S. The first-order valence-electron chi connectivity index (χ1n) is 7.78. The second-order valence-electron chi connectivity index (χ2n) is 5.14. The third kappa shape index (κ3) is 6.20. The van der Waals surface area contributed by atoms with Gasteiger partial charge in [-0.1, -0.05) is 24.3 Å². The van der Waals surface area contributed by atoms with Gasteiger partial charge in [-0.2, -0.15) is 5.10 Å². The third-order valence-electron chi connectivity index (χ3n) is 3.14. The first kappa shape index (κ1) is 20.1. The molecule has 142 valence electrons. The minimum atomic E-state index is -3.65. The summed E-state index contributed by atoms with van der Waals surface area (Å²) in [5.41, 5.74) is 2.04. The summed E-state index contributed by atoms with van der Waals surface area (Å²) < 4.78 is 32.1. The van der Waals surface area contributed by atoms with Crippen LogP contribution < -0.4 is 15.5 Å². The molecule has 0 saturated heterocycles. The third-order valence-corrected chi connectivity index (χ3v) is 4.56. The quantitative estimate of drug-likeness (QED) is 0.262. The standard InChI is InChI=1S/C17H18N4O5S/c1-2-10-18-16(22)17(23)21-19-11-13-8-9-14(26-13)12-20-27(24,25)15-6-4-3-5-7-15/h2-9,11,20H,1,10,12H2,(H,18,22)(H,21,23)/b19-11+. The molecule has 0 aliphatic heterocycles. The van der Waals surface area contributed by atoms with Crippen LogP contribution in [-0.4, -0.2) is 33.0 Å². The van der Waals surface area contributed by atoms with E-state index in [-0.39, 0.29) is 23.7 Å². The van der Waals surface area contributed by atoms with Gasteiger partial charge in [0.2, 0.25) is 10.0 Å². The predicted molar refractivity (Wildman–Crippen MR) is 98.1 cm³/mol. The lowest BCUT2D eigenvalue weighted by molar-refractivity contribution is -0.139. The van der Waals surface area contributed by atoms with E-state index in [9.17, 15) is 18.0 Å². The van der Waals surface area contributed by atoms with Crippen molar-refractivity contribution in [1.29, 1.82) is 0 Å². The van der Waals surface area contributed by atoms with Gasteiger partial charge in [0.05, 0.1) is 17.7 Å². The van der Waals surface area contributed by atoms with Gasteiger partial charge >= 0.3 is 11.8 Å². The SMILES string of the molecule is C=CCNC(=O)C(=O)N/N=C/c1ccc(CNS(=O)(=O)c2ccccc2)o1. The monoisotopic (exact) mass is 390 g/mol. The smallest absolute Gasteiger partial charge is 0.329 e. The lowest BCUT2D eigenvalue weighted by Crippen LogP contribution is -2.37. The number of nitrogens with one attached hydrogen (secondary N) is 3. The van der Waals surface area contributed by atoms with Crippen molar-refractivity contribution < 1.29 is 22.4 Å². The molecule has 3 N–H and O–H groups in total. The zero-order valence-corrected chi connectivity index (χ0v) is 15.0. The van der Waals surface area contributed by atoms with Crippen molar-refractivity contribution in [3.63, 3.8) is 0 Å². The molecule has 1 aromatic carbocycles. The van der Waals surface area contributed by atoms with Crippen molar-refractivity contribution in [3.8, 4) is 0 Å². The molecule has 0 aliphatic carbocycles. The zero-order valence-electron chi connectivity index (χ0n) is 14.2. The molecule has 27 heavy (non-hydrogen) atoms. The molecule has 2 aromatic rings. The molecule has 0 radical (unpaired) electrons. The average Bonchev–Trinajstić information content (AvgIpc) is 3.13. The Morgan fingerprint density at radius 3 is 2.56 bits per heavy atom. The van der Waals surface area contributed by atoms with E-state index in [0.717, 1.165) is 0 Å². The minimum absolute atomic E-state index is 0.0542. The molecular weight excluding hydrogens is 372 g/mol. The Morgan fingerprint density at radius 1 is 1.11 bits per heavy atom. The van der Waals surface area contributed by atoms with Crippen LogP contribution in [0.2, 0.25) is 0 Å². The molecule has 0 atom stereocenters. The summed E-state index contributed by atoms with van der Waals surface area (Å²) >= 11 is 0. The second-order valence-corrected chi connectivity index (χ2v) is 6.91. The Morgan fingerprint density at radius 2 is 1.85 bits per heavy atom. The van der Waals surface area contributed by atoms with Crippen molar-refractivity contribution in [2.24, 2.45) is 5.10 Å². The summed E-state index contributed by atoms with van der Waals surface area (Å²) in [5, 5.41) is 5.89. The maximum Gasteiger partial charge on any atom is 0.329 e. The fraction of sp³-hybridized carbons (Fsp3) is 0.118. The van der Waals surface area contributed by atoms with E-state index in [1.54, 1.807) is 30.3 Å². The largest absolute Gasteiger partial charge is 0.459 e. The fourth-order valence-corrected chi connectivity index (χ4v) is 2.87. The summed E-state index contributed by atoms with van der Waals surface area (Å²) in [5.74, 6) is -1.15. The molecule has 2 amide bonds. The van der Waals surface area contributed by atoms with Gasteiger partial charge in [-0.3, -0.25) is 9.59 Å². The van der Waals surface area contributed by atoms with Gasteiger partial charge in [-0.25, -0.2) is 18.6 Å². The number of hydrazone groups is 1. The first-order valence-corrected chi connectivity index (χ1v) is 9.26. The second kappa shape index (κ2) is 9.46. The molecule has 0 spiro atoms. The molecule has 10 heteroatoms. The van der Waals surface area contributed by atoms with Crippen LogP contribution in [0.15, 0.2) is 69.5 Å². The van der Waals surface area contributed by atoms with Gasteiger partial charge in [0.1, 0.15) is 11.5 Å². The number of nitrogens with zero attached hydrogens (tertiary/aromatic N) is 1. The lowest BCUT2D eigenvalue weighted by Gasteiger charge is -2.04. The van der Waals surface area contributed by atoms with Crippen molar-refractivity contribution >= 4 is 28.1 Å². The molecule has 0 bridgehead atoms. The number of hydrogen-bond acceptors (Lipinski definition) is 6. The molecule has 0 aliphatic rings. The van der Waals surface area contributed by atoms with E-state index < -0.39 is 21.8 Å². The number of hydrogen-bond donors (Lipinski definition) is 3. The number of rotatable bonds is 8. The van der Waals surface area contributed by atoms with Crippen LogP contribution in [0.3, 0.4) is 0 Å². The highest BCUT2D eigenvalue weighted by atomic mass is 32.2. The Bertz CT molecular complexity index is 935. The molecule has 9 nitrogen and oxygen atoms in total. The lowest BCUT2D eigenvalue weighted by atomic mass is 10.4. The average molecular weight is 390 g/mol. The van der Waals surface area contributed by atoms with E-state index in [0.29, 0.717) is 5.76 Å². The maximum absolute atomic E-state index is 12.1. The molecule has 1 heterocycles. The summed E-state index contributed by atoms with van der Waals surface area (Å²) in [6, 6.07) is 11.0. The van der Waals surface area contributed by atoms with E-state index in [1.807, 2.05) is 5.43 Å². The van der Waals surface area contributed by atoms with E-state index in [4.69, 9.17) is 4.42 Å². The van der Waals surface area contributed by atoms with E-state index >= 15 is 0 Å². The molecule has 0 fully saturated rings. The normalized spacial score (nSPS) is 11.3. The van der Waals surface area contributed by atoms with Gasteiger partial charge in [0.15, 0.2) is 0 Å². The highest BCUT2D eigenvalue weighted by Gasteiger charge is 2.14. The Labute approximate surface area is 156 Å². The number of amides is 2.